The van der Waals surface area contributed by atoms with Gasteiger partial charge in [0.15, 0.2) is 0 Å². The number of fused-ring (bicyclic) bond motifs is 1. The summed E-state index contributed by atoms with van der Waals surface area (Å²) in [5, 5.41) is 2.67. The minimum absolute atomic E-state index is 0.355. The number of amides is 1. The Morgan fingerprint density at radius 3 is 2.95 bits per heavy atom. The van der Waals surface area contributed by atoms with Crippen molar-refractivity contribution < 1.29 is 4.79 Å². The highest BCUT2D eigenvalue weighted by Crippen LogP contribution is 2.36. The Balaban J connectivity index is 1.92. The fraction of sp³-hybridized carbons (Fsp3) is 0.200. The van der Waals surface area contributed by atoms with Crippen LogP contribution in [-0.2, 0) is 17.6 Å². The van der Waals surface area contributed by atoms with Gasteiger partial charge in [0.25, 0.3) is 0 Å². The van der Waals surface area contributed by atoms with Crippen LogP contribution < -0.4 is 11.1 Å². The molecule has 96 valence electrons. The highest BCUT2D eigenvalue weighted by atomic mass is 16.1. The molecule has 4 heteroatoms. The normalized spacial score (nSPS) is 16.9. The van der Waals surface area contributed by atoms with Gasteiger partial charge in [-0.1, -0.05) is 12.1 Å². The average molecular weight is 253 g/mol. The van der Waals surface area contributed by atoms with Crippen molar-refractivity contribution >= 4 is 17.9 Å². The molecule has 1 atom stereocenters. The minimum atomic E-state index is 0.355. The van der Waals surface area contributed by atoms with Gasteiger partial charge in [0.05, 0.1) is 0 Å². The first-order chi connectivity index (χ1) is 9.28. The molecule has 3 N–H and O–H groups in total. The van der Waals surface area contributed by atoms with E-state index in [1.165, 1.54) is 11.1 Å². The van der Waals surface area contributed by atoms with Crippen molar-refractivity contribution in [2.45, 2.75) is 18.8 Å². The highest BCUT2D eigenvalue weighted by Gasteiger charge is 2.25. The largest absolute Gasteiger partial charge is 0.399 e. The summed E-state index contributed by atoms with van der Waals surface area (Å²) in [6.07, 6.45) is 4.27. The number of benzene rings is 1. The summed E-state index contributed by atoms with van der Waals surface area (Å²) in [5.41, 5.74) is 10.3. The lowest BCUT2D eigenvalue weighted by atomic mass is 9.97. The lowest BCUT2D eigenvalue weighted by Gasteiger charge is -2.13. The summed E-state index contributed by atoms with van der Waals surface area (Å²) in [7, 11) is 0. The van der Waals surface area contributed by atoms with Gasteiger partial charge in [0.1, 0.15) is 5.82 Å². The van der Waals surface area contributed by atoms with Gasteiger partial charge in [-0.25, -0.2) is 4.98 Å². The molecule has 0 radical (unpaired) electrons. The molecule has 1 amide bonds. The zero-order chi connectivity index (χ0) is 13.2. The predicted molar refractivity (Wildman–Crippen MR) is 74.9 cm³/mol. The molecule has 0 saturated carbocycles. The first-order valence-corrected chi connectivity index (χ1v) is 6.30. The molecule has 3 rings (SSSR count). The van der Waals surface area contributed by atoms with E-state index in [4.69, 9.17) is 5.73 Å². The number of anilines is 2. The number of nitrogen functional groups attached to an aromatic ring is 1. The number of nitrogens with one attached hydrogen (secondary N) is 1. The molecular formula is C15H15N3O. The number of carbonyl (C=O) groups is 1. The van der Waals surface area contributed by atoms with E-state index in [1.807, 2.05) is 24.3 Å². The molecule has 0 bridgehead atoms. The Bertz CT molecular complexity index is 625. The van der Waals surface area contributed by atoms with E-state index in [-0.39, 0.29) is 0 Å². The lowest BCUT2D eigenvalue weighted by Crippen LogP contribution is -2.06. The van der Waals surface area contributed by atoms with E-state index < -0.39 is 0 Å². The van der Waals surface area contributed by atoms with Crippen LogP contribution in [0.25, 0.3) is 0 Å². The van der Waals surface area contributed by atoms with Gasteiger partial charge in [0, 0.05) is 11.9 Å². The third kappa shape index (κ3) is 2.17. The molecule has 0 saturated heterocycles. The van der Waals surface area contributed by atoms with Crippen molar-refractivity contribution in [1.29, 1.82) is 0 Å². The average Bonchev–Trinajstić information content (AvgIpc) is 2.82. The number of rotatable bonds is 3. The van der Waals surface area contributed by atoms with E-state index >= 15 is 0 Å². The van der Waals surface area contributed by atoms with E-state index in [1.54, 1.807) is 6.20 Å². The fourth-order valence-corrected chi connectivity index (χ4v) is 2.78. The molecule has 0 aliphatic heterocycles. The summed E-state index contributed by atoms with van der Waals surface area (Å²) in [4.78, 5) is 14.9. The Hall–Kier alpha value is -2.36. The Labute approximate surface area is 111 Å². The van der Waals surface area contributed by atoms with Crippen molar-refractivity contribution in [3.63, 3.8) is 0 Å². The van der Waals surface area contributed by atoms with E-state index in [2.05, 4.69) is 16.4 Å². The number of hydrogen-bond acceptors (Lipinski definition) is 3. The fourth-order valence-electron chi connectivity index (χ4n) is 2.78. The second-order valence-electron chi connectivity index (χ2n) is 4.84. The molecule has 1 aromatic heterocycles. The van der Waals surface area contributed by atoms with Gasteiger partial charge in [-0.15, -0.1) is 0 Å². The van der Waals surface area contributed by atoms with Crippen molar-refractivity contribution in [2.24, 2.45) is 0 Å². The SMILES string of the molecule is Nc1ccc2c(c1)CC(c1cccnc1NC=O)C2. The van der Waals surface area contributed by atoms with Crippen molar-refractivity contribution in [1.82, 2.24) is 4.98 Å². The molecule has 2 aromatic rings. The first kappa shape index (κ1) is 11.7. The van der Waals surface area contributed by atoms with Gasteiger partial charge in [-0.2, -0.15) is 0 Å². The van der Waals surface area contributed by atoms with Crippen LogP contribution in [0.3, 0.4) is 0 Å². The van der Waals surface area contributed by atoms with Crippen LogP contribution in [0.2, 0.25) is 0 Å². The van der Waals surface area contributed by atoms with Crippen LogP contribution in [0.1, 0.15) is 22.6 Å². The van der Waals surface area contributed by atoms with Gasteiger partial charge in [0.2, 0.25) is 6.41 Å². The molecule has 1 aliphatic rings. The van der Waals surface area contributed by atoms with Crippen molar-refractivity contribution in [3.05, 3.63) is 53.2 Å². The number of nitrogens with two attached hydrogens (primary N) is 1. The zero-order valence-electron chi connectivity index (χ0n) is 10.5. The Morgan fingerprint density at radius 1 is 1.26 bits per heavy atom. The monoisotopic (exact) mass is 253 g/mol. The molecule has 19 heavy (non-hydrogen) atoms. The standard InChI is InChI=1S/C15H15N3O/c16-13-4-3-10-6-12(7-11(10)8-13)14-2-1-5-17-15(14)18-9-19/h1-5,8-9,12H,6-7,16H2,(H,17,18,19). The van der Waals surface area contributed by atoms with E-state index in [0.717, 1.165) is 24.1 Å². The number of hydrogen-bond donors (Lipinski definition) is 2. The summed E-state index contributed by atoms with van der Waals surface area (Å²) in [5.74, 6) is 1.01. The smallest absolute Gasteiger partial charge is 0.212 e. The van der Waals surface area contributed by atoms with Crippen LogP contribution in [-0.4, -0.2) is 11.4 Å². The molecule has 4 nitrogen and oxygen atoms in total. The lowest BCUT2D eigenvalue weighted by molar-refractivity contribution is -0.105. The van der Waals surface area contributed by atoms with Crippen LogP contribution in [0.5, 0.6) is 0 Å². The predicted octanol–water partition coefficient (Wildman–Crippen LogP) is 2.11. The Kier molecular flexibility index (Phi) is 2.91. The summed E-state index contributed by atoms with van der Waals surface area (Å²) in [6, 6.07) is 10.0. The van der Waals surface area contributed by atoms with E-state index in [9.17, 15) is 4.79 Å². The molecule has 0 fully saturated rings. The minimum Gasteiger partial charge on any atom is -0.399 e. The maximum atomic E-state index is 10.6. The van der Waals surface area contributed by atoms with Crippen LogP contribution in [0, 0.1) is 0 Å². The van der Waals surface area contributed by atoms with Crippen LogP contribution >= 0.6 is 0 Å². The number of aromatic nitrogens is 1. The molecule has 1 aromatic carbocycles. The maximum Gasteiger partial charge on any atom is 0.212 e. The number of pyridine rings is 1. The van der Waals surface area contributed by atoms with Crippen molar-refractivity contribution in [2.75, 3.05) is 11.1 Å². The topological polar surface area (TPSA) is 68.0 Å². The van der Waals surface area contributed by atoms with Gasteiger partial charge >= 0.3 is 0 Å². The van der Waals surface area contributed by atoms with Crippen LogP contribution in [0.4, 0.5) is 11.5 Å². The highest BCUT2D eigenvalue weighted by molar-refractivity contribution is 5.71. The second-order valence-corrected chi connectivity index (χ2v) is 4.84. The van der Waals surface area contributed by atoms with Gasteiger partial charge in [-0.3, -0.25) is 4.79 Å². The van der Waals surface area contributed by atoms with E-state index in [0.29, 0.717) is 18.1 Å². The summed E-state index contributed by atoms with van der Waals surface area (Å²) in [6.45, 7) is 0. The summed E-state index contributed by atoms with van der Waals surface area (Å²) >= 11 is 0. The molecule has 1 unspecified atom stereocenters. The second kappa shape index (κ2) is 4.72. The third-order valence-electron chi connectivity index (χ3n) is 3.64. The quantitative estimate of drug-likeness (QED) is 0.650. The first-order valence-electron chi connectivity index (χ1n) is 6.30. The third-order valence-corrected chi connectivity index (χ3v) is 3.64. The molecule has 1 aliphatic carbocycles. The summed E-state index contributed by atoms with van der Waals surface area (Å²) < 4.78 is 0. The number of nitrogens with zero attached hydrogens (tertiary/aromatic N) is 1. The zero-order valence-corrected chi connectivity index (χ0v) is 10.5. The maximum absolute atomic E-state index is 10.6. The number of carbonyl (C=O) groups excluding carboxylic acids is 1. The van der Waals surface area contributed by atoms with Crippen LogP contribution in [0.15, 0.2) is 36.5 Å². The van der Waals surface area contributed by atoms with Crippen molar-refractivity contribution in [3.8, 4) is 0 Å². The molecule has 1 heterocycles. The molecular weight excluding hydrogens is 238 g/mol. The van der Waals surface area contributed by atoms with Gasteiger partial charge < -0.3 is 11.1 Å². The Morgan fingerprint density at radius 2 is 2.11 bits per heavy atom. The van der Waals surface area contributed by atoms with Gasteiger partial charge in [-0.05, 0) is 53.6 Å². The molecule has 0 spiro atoms.